The van der Waals surface area contributed by atoms with Crippen LogP contribution in [0.4, 0.5) is 0 Å². The zero-order valence-electron chi connectivity index (χ0n) is 61.7. The van der Waals surface area contributed by atoms with Crippen LogP contribution >= 0.6 is 28.6 Å². The van der Waals surface area contributed by atoms with Crippen LogP contribution in [0.1, 0.15) is 325 Å². The third-order valence-corrected chi connectivity index (χ3v) is 11.8. The maximum Gasteiger partial charge on any atom is 0.200 e. The lowest BCUT2D eigenvalue weighted by Gasteiger charge is -2.19. The van der Waals surface area contributed by atoms with Gasteiger partial charge in [0.15, 0.2) is 17.2 Å². The van der Waals surface area contributed by atoms with Crippen molar-refractivity contribution in [1.29, 1.82) is 0 Å². The first-order valence-corrected chi connectivity index (χ1v) is 33.7. The highest BCUT2D eigenvalue weighted by Crippen LogP contribution is 2.39. The largest absolute Gasteiger partial charge is 0.508 e. The number of unbranched alkanes of at least 4 members (excludes halogenated alkanes) is 2. The van der Waals surface area contributed by atoms with E-state index in [1.807, 2.05) is 39.0 Å². The Morgan fingerprint density at radius 3 is 1.04 bits per heavy atom. The van der Waals surface area contributed by atoms with Gasteiger partial charge in [-0.25, -0.2) is 0 Å². The number of allylic oxidation sites excluding steroid dienone is 1. The number of hydrogen-bond acceptors (Lipinski definition) is 7. The maximum atomic E-state index is 9.23. The van der Waals surface area contributed by atoms with Crippen LogP contribution in [-0.2, 0) is 17.3 Å². The second-order valence-corrected chi connectivity index (χ2v) is 32.1. The van der Waals surface area contributed by atoms with E-state index in [1.165, 1.54) is 67.3 Å². The molecular formula is C84H167BrO6S. The van der Waals surface area contributed by atoms with Crippen molar-refractivity contribution in [3.05, 3.63) is 130 Å². The number of benzene rings is 4. The molecule has 552 valence electrons. The predicted molar refractivity (Wildman–Crippen MR) is 436 cm³/mol. The van der Waals surface area contributed by atoms with E-state index < -0.39 is 5.75 Å². The molecule has 0 aliphatic rings. The molecule has 0 spiro atoms. The molecule has 0 aliphatic carbocycles. The zero-order valence-corrected chi connectivity index (χ0v) is 64.2. The molecule has 92 heavy (non-hydrogen) atoms. The molecular weight excluding hydrogens is 1220 g/mol. The smallest absolute Gasteiger partial charge is 0.200 e. The lowest BCUT2D eigenvalue weighted by Crippen LogP contribution is -2.10. The summed E-state index contributed by atoms with van der Waals surface area (Å²) in [5, 5.41) is 53.4. The van der Waals surface area contributed by atoms with Gasteiger partial charge in [0, 0.05) is 17.7 Å². The summed E-state index contributed by atoms with van der Waals surface area (Å²) in [7, 11) is 0. The Hall–Kier alpha value is -3.43. The number of halogens is 1. The highest BCUT2D eigenvalue weighted by Gasteiger charge is 2.18. The van der Waals surface area contributed by atoms with Crippen molar-refractivity contribution >= 4 is 28.6 Å². The molecule has 4 rings (SSSR count). The van der Waals surface area contributed by atoms with Crippen LogP contribution in [-0.4, -0.2) is 49.6 Å². The summed E-state index contributed by atoms with van der Waals surface area (Å²) in [6.45, 7) is 68.8. The van der Waals surface area contributed by atoms with E-state index in [4.69, 9.17) is 20.4 Å². The molecule has 6 nitrogen and oxygen atoms in total. The number of thiol groups is 1. The van der Waals surface area contributed by atoms with Crippen LogP contribution < -0.4 is 0 Å². The van der Waals surface area contributed by atoms with Crippen LogP contribution in [0.2, 0.25) is 0 Å². The van der Waals surface area contributed by atoms with E-state index in [9.17, 15) is 10.2 Å². The summed E-state index contributed by atoms with van der Waals surface area (Å²) in [5.41, 5.74) is 5.97. The van der Waals surface area contributed by atoms with Gasteiger partial charge < -0.3 is 30.6 Å². The molecule has 0 aromatic heterocycles. The highest BCUT2D eigenvalue weighted by atomic mass is 79.9. The summed E-state index contributed by atoms with van der Waals surface area (Å²) >= 11 is 7.45. The molecule has 4 aromatic carbocycles. The summed E-state index contributed by atoms with van der Waals surface area (Å²) in [6.07, 6.45) is 11.7. The number of rotatable bonds is 12. The molecule has 6 N–H and O–H groups in total. The number of aliphatic hydroxyl groups excluding tert-OH is 2. The Kier molecular flexibility index (Phi) is 87.3. The van der Waals surface area contributed by atoms with Gasteiger partial charge in [-0.2, -0.15) is 12.6 Å². The van der Waals surface area contributed by atoms with Crippen molar-refractivity contribution in [2.45, 2.75) is 320 Å². The molecule has 0 heterocycles. The minimum Gasteiger partial charge on any atom is -0.508 e. The Bertz CT molecular complexity index is 2030. The number of phenolic OH excluding ortho intramolecular Hbond substituents is 4. The summed E-state index contributed by atoms with van der Waals surface area (Å²) in [4.78, 5) is 0. The molecule has 8 heteroatoms. The van der Waals surface area contributed by atoms with E-state index in [1.54, 1.807) is 12.1 Å². The number of hydrogen-bond donors (Lipinski definition) is 7. The van der Waals surface area contributed by atoms with Gasteiger partial charge in [-0.05, 0) is 153 Å². The van der Waals surface area contributed by atoms with E-state index in [0.29, 0.717) is 47.0 Å². The molecule has 0 fully saturated rings. The SMILES string of the molecule is C.C.C.C.C.C.C=CC(C)C.CC(C)(C)C.CC(C)(C)CCO.CC(C)(C)CCO.CC(C)(C)c1cc(O)c(O)c(O)c1.CC(C)(C)c1ccc(O)cc1.CC(C)C.CC(C)CCS.CC(C)Cc1ccccc1.CC(C)c1ccc(Br)cc1.CCCCCC(C)C. The van der Waals surface area contributed by atoms with Crippen LogP contribution in [0.3, 0.4) is 0 Å². The summed E-state index contributed by atoms with van der Waals surface area (Å²) in [6, 6.07) is 29.3. The molecule has 0 aliphatic heterocycles. The molecule has 0 saturated heterocycles. The Morgan fingerprint density at radius 2 is 0.826 bits per heavy atom. The van der Waals surface area contributed by atoms with Crippen LogP contribution in [0, 0.1) is 45.8 Å². The Balaban J connectivity index is -0.0000000684. The molecule has 0 bridgehead atoms. The Labute approximate surface area is 594 Å². The second-order valence-electron chi connectivity index (χ2n) is 30.8. The zero-order chi connectivity index (χ0) is 69.3. The first-order chi connectivity index (χ1) is 39.0. The van der Waals surface area contributed by atoms with Gasteiger partial charge in [-0.1, -0.05) is 355 Å². The monoisotopic (exact) mass is 1380 g/mol. The fraction of sp³-hybridized carbons (Fsp3) is 0.690. The van der Waals surface area contributed by atoms with Crippen LogP contribution in [0.25, 0.3) is 0 Å². The minimum absolute atomic E-state index is 0. The molecule has 0 unspecified atom stereocenters. The number of phenols is 4. The molecule has 0 atom stereocenters. The van der Waals surface area contributed by atoms with Crippen molar-refractivity contribution in [2.75, 3.05) is 19.0 Å². The third-order valence-electron chi connectivity index (χ3n) is 11.0. The van der Waals surface area contributed by atoms with Crippen molar-refractivity contribution in [3.63, 3.8) is 0 Å². The fourth-order valence-electron chi connectivity index (χ4n) is 5.66. The maximum absolute atomic E-state index is 9.23. The lowest BCUT2D eigenvalue weighted by molar-refractivity contribution is 0.224. The topological polar surface area (TPSA) is 121 Å². The molecule has 0 amide bonds. The minimum atomic E-state index is -0.465. The van der Waals surface area contributed by atoms with E-state index in [2.05, 4.69) is 277 Å². The average Bonchev–Trinajstić information content (AvgIpc) is 0.991. The van der Waals surface area contributed by atoms with Crippen molar-refractivity contribution in [3.8, 4) is 23.0 Å². The van der Waals surface area contributed by atoms with E-state index >= 15 is 0 Å². The van der Waals surface area contributed by atoms with E-state index in [0.717, 1.165) is 52.3 Å². The van der Waals surface area contributed by atoms with Gasteiger partial charge in [-0.15, -0.1) is 6.58 Å². The van der Waals surface area contributed by atoms with Crippen molar-refractivity contribution < 1.29 is 30.6 Å². The molecule has 0 saturated carbocycles. The van der Waals surface area contributed by atoms with Gasteiger partial charge in [0.2, 0.25) is 0 Å². The van der Waals surface area contributed by atoms with Gasteiger partial charge in [0.1, 0.15) is 5.75 Å². The summed E-state index contributed by atoms with van der Waals surface area (Å²) in [5.74, 6) is 4.92. The van der Waals surface area contributed by atoms with Gasteiger partial charge in [-0.3, -0.25) is 0 Å². The van der Waals surface area contributed by atoms with Crippen LogP contribution in [0.15, 0.2) is 108 Å². The number of aromatic hydroxyl groups is 4. The quantitative estimate of drug-likeness (QED) is 0.0328. The highest BCUT2D eigenvalue weighted by molar-refractivity contribution is 9.10. The number of aliphatic hydroxyl groups is 2. The van der Waals surface area contributed by atoms with Gasteiger partial charge in [0.05, 0.1) is 0 Å². The van der Waals surface area contributed by atoms with Crippen LogP contribution in [0.5, 0.6) is 23.0 Å². The second kappa shape index (κ2) is 67.5. The normalized spacial score (nSPS) is 10.2. The Morgan fingerprint density at radius 1 is 0.489 bits per heavy atom. The van der Waals surface area contributed by atoms with Crippen molar-refractivity contribution in [1.82, 2.24) is 0 Å². The third kappa shape index (κ3) is 103. The summed E-state index contributed by atoms with van der Waals surface area (Å²) < 4.78 is 1.15. The standard InChI is InChI=1S/C10H14O3.C10H14O.C10H14.C9H11Br.C8H18.2C6H14O.C5H12S.C5H12.C5H10.C4H10.6CH4/c1-10(2,3)6-4-7(11)9(13)8(12)5-6;1-10(2,3)8-4-6-9(11)7-5-8;1-9(2)8-10-6-4-3-5-7-10;1-7(2)8-3-5-9(10)6-4-8;1-4-5-6-7-8(2)3;2*1-6(2,3)4-5-7;1-5(2)3-4-6;1-5(2,3)4;1-4-5(2)3;1-4(2)3;;;;;;/h4-5,11-13H,1-3H3;4-7,11H,1-3H3;3-7,9H,8H2,1-2H3;3-7H,1-2H3;8H,4-7H2,1-3H3;2*7H,4-5H2,1-3H3;5-6H,3-4H2,1-2H3;1-4H3;4-5H,1H2,2-3H3;4H,1-3H3;6*1H4. The van der Waals surface area contributed by atoms with Crippen molar-refractivity contribution in [2.24, 2.45) is 45.8 Å². The fourth-order valence-corrected chi connectivity index (χ4v) is 6.44. The van der Waals surface area contributed by atoms with E-state index in [-0.39, 0.29) is 66.9 Å². The van der Waals surface area contributed by atoms with Gasteiger partial charge in [0.25, 0.3) is 0 Å². The molecule has 0 radical (unpaired) electrons. The van der Waals surface area contributed by atoms with Gasteiger partial charge >= 0.3 is 0 Å². The molecule has 4 aromatic rings. The first-order valence-electron chi connectivity index (χ1n) is 32.3. The average molecular weight is 1390 g/mol. The predicted octanol–water partition coefficient (Wildman–Crippen LogP) is 28.6. The lowest BCUT2D eigenvalue weighted by atomic mass is 9.87. The first kappa shape index (κ1) is 119.